The Morgan fingerprint density at radius 3 is 2.35 bits per heavy atom. The lowest BCUT2D eigenvalue weighted by Crippen LogP contribution is -2.60. The number of rotatable bonds is 4. The fraction of sp³-hybridized carbons (Fsp3) is 0.706. The van der Waals surface area contributed by atoms with Crippen LogP contribution >= 0.6 is 23.4 Å². The van der Waals surface area contributed by atoms with Crippen molar-refractivity contribution in [2.75, 3.05) is 0 Å². The van der Waals surface area contributed by atoms with Gasteiger partial charge in [0.2, 0.25) is 5.91 Å². The van der Waals surface area contributed by atoms with Crippen LogP contribution in [0.3, 0.4) is 0 Å². The lowest BCUT2D eigenvalue weighted by Gasteiger charge is -2.57. The summed E-state index contributed by atoms with van der Waals surface area (Å²) in [6, 6.07) is 3.52. The number of halogens is 1. The Kier molecular flexibility index (Phi) is 4.04. The Bertz CT molecular complexity index is 571. The number of aromatic nitrogens is 2. The van der Waals surface area contributed by atoms with Gasteiger partial charge in [0.1, 0.15) is 5.03 Å². The average Bonchev–Trinajstić information content (AvgIpc) is 2.47. The fourth-order valence-corrected chi connectivity index (χ4v) is 6.09. The van der Waals surface area contributed by atoms with Gasteiger partial charge in [-0.3, -0.25) is 4.79 Å². The minimum atomic E-state index is -0.168. The molecule has 0 radical (unpaired) electrons. The normalized spacial score (nSPS) is 36.0. The van der Waals surface area contributed by atoms with Crippen LogP contribution in [0, 0.1) is 17.8 Å². The van der Waals surface area contributed by atoms with E-state index in [2.05, 4.69) is 15.5 Å². The molecule has 1 heterocycles. The lowest BCUT2D eigenvalue weighted by atomic mass is 9.53. The minimum Gasteiger partial charge on any atom is -0.350 e. The molecule has 4 fully saturated rings. The molecular formula is C17H22ClN3OS. The molecular weight excluding hydrogens is 330 g/mol. The first kappa shape index (κ1) is 15.7. The van der Waals surface area contributed by atoms with Crippen molar-refractivity contribution in [3.63, 3.8) is 0 Å². The molecule has 1 atom stereocenters. The zero-order valence-corrected chi connectivity index (χ0v) is 14.9. The monoisotopic (exact) mass is 351 g/mol. The van der Waals surface area contributed by atoms with Crippen LogP contribution in [0.25, 0.3) is 0 Å². The summed E-state index contributed by atoms with van der Waals surface area (Å²) in [7, 11) is 0. The Morgan fingerprint density at radius 2 is 1.83 bits per heavy atom. The Labute approximate surface area is 146 Å². The summed E-state index contributed by atoms with van der Waals surface area (Å²) in [6.07, 6.45) is 7.72. The van der Waals surface area contributed by atoms with Crippen LogP contribution in [-0.4, -0.2) is 26.9 Å². The largest absolute Gasteiger partial charge is 0.350 e. The van der Waals surface area contributed by atoms with Crippen molar-refractivity contribution in [3.05, 3.63) is 17.3 Å². The molecule has 0 aromatic carbocycles. The maximum Gasteiger partial charge on any atom is 0.233 e. The van der Waals surface area contributed by atoms with E-state index in [1.54, 1.807) is 6.07 Å². The second-order valence-electron chi connectivity index (χ2n) is 7.64. The topological polar surface area (TPSA) is 54.9 Å². The molecule has 1 aromatic rings. The van der Waals surface area contributed by atoms with Gasteiger partial charge in [0.25, 0.3) is 0 Å². The highest BCUT2D eigenvalue weighted by molar-refractivity contribution is 8.00. The highest BCUT2D eigenvalue weighted by atomic mass is 35.5. The first-order valence-corrected chi connectivity index (χ1v) is 9.75. The molecule has 1 aromatic heterocycles. The van der Waals surface area contributed by atoms with Crippen molar-refractivity contribution in [1.82, 2.24) is 15.5 Å². The molecule has 4 nitrogen and oxygen atoms in total. The van der Waals surface area contributed by atoms with Crippen LogP contribution in [0.5, 0.6) is 0 Å². The van der Waals surface area contributed by atoms with Crippen LogP contribution in [0.4, 0.5) is 0 Å². The summed E-state index contributed by atoms with van der Waals surface area (Å²) in [5, 5.41) is 12.2. The molecule has 4 aliphatic rings. The molecule has 124 valence electrons. The molecule has 6 heteroatoms. The SMILES string of the molecule is C[C@@H](Sc1ccc(Cl)nn1)C(=O)NC12CC3CC(CC(C3)C1)C2. The van der Waals surface area contributed by atoms with E-state index < -0.39 is 0 Å². The maximum absolute atomic E-state index is 12.7. The Balaban J connectivity index is 1.40. The molecule has 4 bridgehead atoms. The summed E-state index contributed by atoms with van der Waals surface area (Å²) in [4.78, 5) is 12.7. The summed E-state index contributed by atoms with van der Waals surface area (Å²) < 4.78 is 0. The lowest BCUT2D eigenvalue weighted by molar-refractivity contribution is -0.126. The van der Waals surface area contributed by atoms with Gasteiger partial charge in [0, 0.05) is 5.54 Å². The molecule has 1 amide bonds. The predicted octanol–water partition coefficient (Wildman–Crippen LogP) is 3.70. The smallest absolute Gasteiger partial charge is 0.233 e. The van der Waals surface area contributed by atoms with E-state index in [4.69, 9.17) is 11.6 Å². The molecule has 1 N–H and O–H groups in total. The van der Waals surface area contributed by atoms with Crippen molar-refractivity contribution in [1.29, 1.82) is 0 Å². The number of hydrogen-bond acceptors (Lipinski definition) is 4. The van der Waals surface area contributed by atoms with Crippen molar-refractivity contribution in [3.8, 4) is 0 Å². The van der Waals surface area contributed by atoms with Crippen molar-refractivity contribution in [2.45, 2.75) is 61.3 Å². The number of nitrogens with zero attached hydrogens (tertiary/aromatic N) is 2. The van der Waals surface area contributed by atoms with Gasteiger partial charge in [0.15, 0.2) is 5.15 Å². The highest BCUT2D eigenvalue weighted by Crippen LogP contribution is 2.55. The first-order valence-electron chi connectivity index (χ1n) is 8.49. The first-order chi connectivity index (χ1) is 11.0. The van der Waals surface area contributed by atoms with Gasteiger partial charge >= 0.3 is 0 Å². The molecule has 23 heavy (non-hydrogen) atoms. The van der Waals surface area contributed by atoms with Crippen molar-refractivity contribution >= 4 is 29.3 Å². The second-order valence-corrected chi connectivity index (χ2v) is 9.39. The minimum absolute atomic E-state index is 0.0757. The zero-order valence-electron chi connectivity index (χ0n) is 13.3. The third-order valence-electron chi connectivity index (χ3n) is 5.70. The number of hydrogen-bond donors (Lipinski definition) is 1. The van der Waals surface area contributed by atoms with Crippen LogP contribution < -0.4 is 5.32 Å². The molecule has 0 spiro atoms. The number of nitrogens with one attached hydrogen (secondary N) is 1. The number of thioether (sulfide) groups is 1. The van der Waals surface area contributed by atoms with E-state index in [1.165, 1.54) is 50.3 Å². The van der Waals surface area contributed by atoms with Gasteiger partial charge in [-0.15, -0.1) is 10.2 Å². The average molecular weight is 352 g/mol. The quantitative estimate of drug-likeness (QED) is 0.840. The van der Waals surface area contributed by atoms with E-state index in [-0.39, 0.29) is 16.7 Å². The zero-order chi connectivity index (χ0) is 16.0. The van der Waals surface area contributed by atoms with Gasteiger partial charge in [-0.2, -0.15) is 0 Å². The van der Waals surface area contributed by atoms with E-state index in [9.17, 15) is 4.79 Å². The third kappa shape index (κ3) is 3.22. The standard InChI is InChI=1S/C17H22ClN3OS/c1-10(23-15-3-2-14(18)20-21-15)16(22)19-17-7-11-4-12(8-17)6-13(5-11)9-17/h2-3,10-13H,4-9H2,1H3,(H,19,22)/t10-,11?,12?,13?,17?/m1/s1. The van der Waals surface area contributed by atoms with E-state index in [0.717, 1.165) is 22.8 Å². The van der Waals surface area contributed by atoms with Gasteiger partial charge < -0.3 is 5.32 Å². The number of carbonyl (C=O) groups is 1. The maximum atomic E-state index is 12.7. The third-order valence-corrected chi connectivity index (χ3v) is 6.93. The fourth-order valence-electron chi connectivity index (χ4n) is 5.23. The molecule has 0 aliphatic heterocycles. The predicted molar refractivity (Wildman–Crippen MR) is 91.4 cm³/mol. The molecule has 4 saturated carbocycles. The molecule has 5 rings (SSSR count). The van der Waals surface area contributed by atoms with Crippen LogP contribution in [0.1, 0.15) is 45.4 Å². The van der Waals surface area contributed by atoms with Crippen LogP contribution in [0.2, 0.25) is 5.15 Å². The Hall–Kier alpha value is -0.810. The Morgan fingerprint density at radius 1 is 1.22 bits per heavy atom. The highest BCUT2D eigenvalue weighted by Gasteiger charge is 2.51. The van der Waals surface area contributed by atoms with E-state index >= 15 is 0 Å². The molecule has 0 unspecified atom stereocenters. The second kappa shape index (κ2) is 5.92. The van der Waals surface area contributed by atoms with Crippen molar-refractivity contribution in [2.24, 2.45) is 17.8 Å². The number of carbonyl (C=O) groups excluding carboxylic acids is 1. The summed E-state index contributed by atoms with van der Waals surface area (Å²) in [5.74, 6) is 2.65. The molecule has 0 saturated heterocycles. The van der Waals surface area contributed by atoms with Crippen molar-refractivity contribution < 1.29 is 4.79 Å². The van der Waals surface area contributed by atoms with E-state index in [1.807, 2.05) is 13.0 Å². The van der Waals surface area contributed by atoms with Gasteiger partial charge in [-0.05, 0) is 75.3 Å². The van der Waals surface area contributed by atoms with Crippen LogP contribution in [-0.2, 0) is 4.79 Å². The van der Waals surface area contributed by atoms with E-state index in [0.29, 0.717) is 5.15 Å². The summed E-state index contributed by atoms with van der Waals surface area (Å²) >= 11 is 7.20. The summed E-state index contributed by atoms with van der Waals surface area (Å²) in [5.41, 5.74) is 0.0757. The molecule has 4 aliphatic carbocycles. The summed E-state index contributed by atoms with van der Waals surface area (Å²) in [6.45, 7) is 1.94. The van der Waals surface area contributed by atoms with Gasteiger partial charge in [-0.1, -0.05) is 23.4 Å². The van der Waals surface area contributed by atoms with Crippen LogP contribution in [0.15, 0.2) is 17.2 Å². The number of amides is 1. The van der Waals surface area contributed by atoms with Gasteiger partial charge in [0.05, 0.1) is 5.25 Å². The van der Waals surface area contributed by atoms with Gasteiger partial charge in [-0.25, -0.2) is 0 Å².